The molecule has 0 aromatic heterocycles. The third kappa shape index (κ3) is 3.94. The number of imide groups is 1. The second-order valence-electron chi connectivity index (χ2n) is 7.01. The van der Waals surface area contributed by atoms with Crippen LogP contribution in [0.1, 0.15) is 30.0 Å². The Bertz CT molecular complexity index is 926. The fraction of sp³-hybridized carbons (Fsp3) is 0.318. The van der Waals surface area contributed by atoms with E-state index in [-0.39, 0.29) is 6.54 Å². The van der Waals surface area contributed by atoms with Crippen molar-refractivity contribution in [1.82, 2.24) is 15.5 Å². The van der Waals surface area contributed by atoms with Gasteiger partial charge >= 0.3 is 6.03 Å². The van der Waals surface area contributed by atoms with Crippen molar-refractivity contribution in [2.75, 3.05) is 13.7 Å². The molecule has 152 valence electrons. The number of aryl methyl sites for hydroxylation is 1. The molecule has 1 atom stereocenters. The molecule has 0 spiro atoms. The van der Waals surface area contributed by atoms with Crippen LogP contribution < -0.4 is 15.4 Å². The lowest BCUT2D eigenvalue weighted by molar-refractivity contribution is -0.135. The van der Waals surface area contributed by atoms with Gasteiger partial charge in [0.2, 0.25) is 5.91 Å². The van der Waals surface area contributed by atoms with E-state index in [1.54, 1.807) is 31.4 Å². The zero-order valence-corrected chi connectivity index (χ0v) is 16.8. The predicted octanol–water partition coefficient (Wildman–Crippen LogP) is 2.48. The number of methoxy groups -OCH3 is 1. The van der Waals surface area contributed by atoms with Gasteiger partial charge in [-0.3, -0.25) is 14.5 Å². The topological polar surface area (TPSA) is 87.7 Å². The van der Waals surface area contributed by atoms with E-state index in [4.69, 9.17) is 4.74 Å². The number of urea groups is 1. The molecule has 1 aliphatic heterocycles. The number of ether oxygens (including phenoxy) is 1. The molecule has 0 radical (unpaired) electrons. The zero-order chi connectivity index (χ0) is 21.0. The zero-order valence-electron chi connectivity index (χ0n) is 16.8. The van der Waals surface area contributed by atoms with Crippen molar-refractivity contribution in [2.45, 2.75) is 32.4 Å². The van der Waals surface area contributed by atoms with Crippen molar-refractivity contribution in [3.05, 3.63) is 65.2 Å². The number of nitrogens with zero attached hydrogens (tertiary/aromatic N) is 1. The van der Waals surface area contributed by atoms with Crippen molar-refractivity contribution in [3.63, 3.8) is 0 Å². The van der Waals surface area contributed by atoms with Crippen LogP contribution in [0.15, 0.2) is 48.5 Å². The first-order chi connectivity index (χ1) is 13.9. The Morgan fingerprint density at radius 2 is 1.83 bits per heavy atom. The minimum atomic E-state index is -1.18. The first kappa shape index (κ1) is 20.4. The lowest BCUT2D eigenvalue weighted by Crippen LogP contribution is -2.44. The van der Waals surface area contributed by atoms with Gasteiger partial charge in [-0.05, 0) is 42.2 Å². The maximum atomic E-state index is 13.1. The molecule has 1 heterocycles. The molecule has 7 heteroatoms. The van der Waals surface area contributed by atoms with Gasteiger partial charge in [0.05, 0.1) is 7.11 Å². The van der Waals surface area contributed by atoms with Gasteiger partial charge in [-0.25, -0.2) is 4.79 Å². The van der Waals surface area contributed by atoms with Crippen molar-refractivity contribution in [1.29, 1.82) is 0 Å². The normalized spacial score (nSPS) is 18.5. The molecule has 0 aliphatic carbocycles. The maximum Gasteiger partial charge on any atom is 0.325 e. The van der Waals surface area contributed by atoms with Crippen LogP contribution in [0.2, 0.25) is 0 Å². The van der Waals surface area contributed by atoms with Crippen molar-refractivity contribution < 1.29 is 19.1 Å². The summed E-state index contributed by atoms with van der Waals surface area (Å²) in [5.74, 6) is -0.163. The van der Waals surface area contributed by atoms with Crippen LogP contribution >= 0.6 is 0 Å². The molecule has 7 nitrogen and oxygen atoms in total. The number of hydrogen-bond donors (Lipinski definition) is 2. The standard InChI is InChI=1S/C22H25N3O4/c1-4-22(17-9-11-18(29-3)12-10-17)20(27)25(21(28)24-22)14-19(26)23-13-16-8-6-5-7-15(16)2/h5-12H,4,13-14H2,1-3H3,(H,23,26)(H,24,28)/t22-/m0/s1. The van der Waals surface area contributed by atoms with E-state index in [2.05, 4.69) is 10.6 Å². The summed E-state index contributed by atoms with van der Waals surface area (Å²) in [5.41, 5.74) is 1.52. The summed E-state index contributed by atoms with van der Waals surface area (Å²) in [6, 6.07) is 14.1. The largest absolute Gasteiger partial charge is 0.497 e. The van der Waals surface area contributed by atoms with E-state index < -0.39 is 23.4 Å². The number of carbonyl (C=O) groups excluding carboxylic acids is 3. The third-order valence-corrected chi connectivity index (χ3v) is 5.33. The molecule has 0 unspecified atom stereocenters. The number of nitrogens with one attached hydrogen (secondary N) is 2. The highest BCUT2D eigenvalue weighted by Gasteiger charge is 2.51. The van der Waals surface area contributed by atoms with E-state index >= 15 is 0 Å². The summed E-state index contributed by atoms with van der Waals surface area (Å²) in [7, 11) is 1.56. The average Bonchev–Trinajstić information content (AvgIpc) is 2.98. The molecule has 29 heavy (non-hydrogen) atoms. The van der Waals surface area contributed by atoms with Crippen LogP contribution in [0, 0.1) is 6.92 Å². The molecule has 4 amide bonds. The van der Waals surface area contributed by atoms with Gasteiger partial charge in [-0.2, -0.15) is 0 Å². The fourth-order valence-electron chi connectivity index (χ4n) is 3.49. The van der Waals surface area contributed by atoms with E-state index in [0.717, 1.165) is 16.0 Å². The van der Waals surface area contributed by atoms with Gasteiger partial charge in [0.25, 0.3) is 5.91 Å². The number of hydrogen-bond acceptors (Lipinski definition) is 4. The quantitative estimate of drug-likeness (QED) is 0.705. The molecular formula is C22H25N3O4. The molecule has 2 aromatic carbocycles. The van der Waals surface area contributed by atoms with E-state index in [1.165, 1.54) is 0 Å². The number of rotatable bonds is 7. The Morgan fingerprint density at radius 3 is 2.45 bits per heavy atom. The van der Waals surface area contributed by atoms with Gasteiger partial charge < -0.3 is 15.4 Å². The molecule has 1 saturated heterocycles. The van der Waals surface area contributed by atoms with Crippen LogP contribution in [0.25, 0.3) is 0 Å². The Labute approximate surface area is 170 Å². The summed E-state index contributed by atoms with van der Waals surface area (Å²) in [5, 5.41) is 5.55. The van der Waals surface area contributed by atoms with Crippen molar-refractivity contribution in [3.8, 4) is 5.75 Å². The van der Waals surface area contributed by atoms with Gasteiger partial charge in [0, 0.05) is 6.54 Å². The van der Waals surface area contributed by atoms with Crippen LogP contribution in [0.4, 0.5) is 4.79 Å². The molecule has 2 aromatic rings. The SMILES string of the molecule is CC[C@@]1(c2ccc(OC)cc2)NC(=O)N(CC(=O)NCc2ccccc2C)C1=O. The number of benzene rings is 2. The summed E-state index contributed by atoms with van der Waals surface area (Å²) in [6.45, 7) is 3.80. The highest BCUT2D eigenvalue weighted by atomic mass is 16.5. The van der Waals surface area contributed by atoms with Crippen molar-refractivity contribution in [2.24, 2.45) is 0 Å². The number of amides is 4. The Morgan fingerprint density at radius 1 is 1.14 bits per heavy atom. The van der Waals surface area contributed by atoms with Gasteiger partial charge in [0.1, 0.15) is 17.8 Å². The average molecular weight is 395 g/mol. The minimum absolute atomic E-state index is 0.325. The van der Waals surface area contributed by atoms with E-state index in [0.29, 0.717) is 24.3 Å². The highest BCUT2D eigenvalue weighted by Crippen LogP contribution is 2.33. The van der Waals surface area contributed by atoms with Gasteiger partial charge in [-0.15, -0.1) is 0 Å². The van der Waals surface area contributed by atoms with Crippen LogP contribution in [-0.2, 0) is 21.7 Å². The summed E-state index contributed by atoms with van der Waals surface area (Å²) >= 11 is 0. The lowest BCUT2D eigenvalue weighted by atomic mass is 9.87. The summed E-state index contributed by atoms with van der Waals surface area (Å²) in [6.07, 6.45) is 0.366. The minimum Gasteiger partial charge on any atom is -0.497 e. The fourth-order valence-corrected chi connectivity index (χ4v) is 3.49. The molecule has 1 aliphatic rings. The van der Waals surface area contributed by atoms with Crippen molar-refractivity contribution >= 4 is 17.8 Å². The molecule has 3 rings (SSSR count). The predicted molar refractivity (Wildman–Crippen MR) is 108 cm³/mol. The van der Waals surface area contributed by atoms with Crippen LogP contribution in [0.5, 0.6) is 5.75 Å². The first-order valence-electron chi connectivity index (χ1n) is 9.51. The molecular weight excluding hydrogens is 370 g/mol. The second-order valence-corrected chi connectivity index (χ2v) is 7.01. The summed E-state index contributed by atoms with van der Waals surface area (Å²) in [4.78, 5) is 39.0. The highest BCUT2D eigenvalue weighted by molar-refractivity contribution is 6.09. The number of carbonyl (C=O) groups is 3. The monoisotopic (exact) mass is 395 g/mol. The second kappa shape index (κ2) is 8.34. The third-order valence-electron chi connectivity index (χ3n) is 5.33. The Kier molecular flexibility index (Phi) is 5.87. The Hall–Kier alpha value is -3.35. The maximum absolute atomic E-state index is 13.1. The lowest BCUT2D eigenvalue weighted by Gasteiger charge is -2.26. The van der Waals surface area contributed by atoms with Gasteiger partial charge in [0.15, 0.2) is 0 Å². The van der Waals surface area contributed by atoms with E-state index in [1.807, 2.05) is 38.1 Å². The molecule has 0 bridgehead atoms. The molecule has 1 fully saturated rings. The Balaban J connectivity index is 1.71. The molecule has 2 N–H and O–H groups in total. The first-order valence-corrected chi connectivity index (χ1v) is 9.51. The smallest absolute Gasteiger partial charge is 0.325 e. The van der Waals surface area contributed by atoms with Gasteiger partial charge in [-0.1, -0.05) is 43.3 Å². The molecule has 0 saturated carbocycles. The van der Waals surface area contributed by atoms with E-state index in [9.17, 15) is 14.4 Å². The van der Waals surface area contributed by atoms with Crippen LogP contribution in [0.3, 0.4) is 0 Å². The summed E-state index contributed by atoms with van der Waals surface area (Å²) < 4.78 is 5.16. The van der Waals surface area contributed by atoms with Crippen LogP contribution in [-0.4, -0.2) is 36.4 Å².